The van der Waals surface area contributed by atoms with Crippen molar-refractivity contribution in [2.75, 3.05) is 66.2 Å². The van der Waals surface area contributed by atoms with Gasteiger partial charge in [0.1, 0.15) is 0 Å². The van der Waals surface area contributed by atoms with Gasteiger partial charge in [-0.2, -0.15) is 0 Å². The van der Waals surface area contributed by atoms with Crippen molar-refractivity contribution in [3.8, 4) is 0 Å². The second-order valence-electron chi connectivity index (χ2n) is 6.61. The van der Waals surface area contributed by atoms with Crippen molar-refractivity contribution >= 4 is 6.03 Å². The van der Waals surface area contributed by atoms with Crippen LogP contribution in [0.15, 0.2) is 0 Å². The third kappa shape index (κ3) is 5.74. The summed E-state index contributed by atoms with van der Waals surface area (Å²) in [6.45, 7) is 10.0. The van der Waals surface area contributed by atoms with Gasteiger partial charge in [-0.1, -0.05) is 6.92 Å². The number of piperidine rings is 1. The first-order valence-electron chi connectivity index (χ1n) is 8.51. The summed E-state index contributed by atoms with van der Waals surface area (Å²) in [5.41, 5.74) is 0. The average Bonchev–Trinajstić information content (AvgIpc) is 2.54. The minimum absolute atomic E-state index is 0.0784. The Labute approximate surface area is 134 Å². The number of hydrogen-bond acceptors (Lipinski definition) is 4. The summed E-state index contributed by atoms with van der Waals surface area (Å²) >= 11 is 0. The van der Waals surface area contributed by atoms with E-state index >= 15 is 0 Å². The highest BCUT2D eigenvalue weighted by molar-refractivity contribution is 5.74. The molecule has 0 aliphatic carbocycles. The van der Waals surface area contributed by atoms with E-state index in [1.807, 2.05) is 4.90 Å². The number of urea groups is 1. The van der Waals surface area contributed by atoms with Crippen LogP contribution in [0.3, 0.4) is 0 Å². The van der Waals surface area contributed by atoms with Gasteiger partial charge < -0.3 is 19.7 Å². The van der Waals surface area contributed by atoms with E-state index in [4.69, 9.17) is 9.47 Å². The molecule has 6 nitrogen and oxygen atoms in total. The molecular weight excluding hydrogens is 282 g/mol. The summed E-state index contributed by atoms with van der Waals surface area (Å²) in [6.07, 6.45) is 2.33. The van der Waals surface area contributed by atoms with Gasteiger partial charge in [-0.05, 0) is 24.7 Å². The van der Waals surface area contributed by atoms with E-state index in [1.54, 1.807) is 7.11 Å². The molecule has 2 saturated heterocycles. The number of carbonyl (C=O) groups is 1. The first-order valence-corrected chi connectivity index (χ1v) is 8.51. The van der Waals surface area contributed by atoms with Gasteiger partial charge in [-0.3, -0.25) is 4.90 Å². The highest BCUT2D eigenvalue weighted by Crippen LogP contribution is 2.18. The minimum Gasteiger partial charge on any atom is -0.384 e. The molecule has 0 aromatic carbocycles. The fourth-order valence-electron chi connectivity index (χ4n) is 3.26. The average molecular weight is 313 g/mol. The molecule has 0 saturated carbocycles. The molecule has 2 aliphatic heterocycles. The molecular formula is C16H31N3O3. The fraction of sp³-hybridized carbons (Fsp3) is 0.938. The van der Waals surface area contributed by atoms with Crippen LogP contribution in [-0.2, 0) is 9.47 Å². The van der Waals surface area contributed by atoms with Gasteiger partial charge in [-0.25, -0.2) is 4.79 Å². The van der Waals surface area contributed by atoms with Crippen LogP contribution in [0.4, 0.5) is 4.79 Å². The molecule has 2 rings (SSSR count). The van der Waals surface area contributed by atoms with Crippen molar-refractivity contribution in [3.63, 3.8) is 0 Å². The minimum atomic E-state index is 0.0784. The number of amides is 2. The maximum Gasteiger partial charge on any atom is 0.317 e. The molecule has 22 heavy (non-hydrogen) atoms. The van der Waals surface area contributed by atoms with Gasteiger partial charge in [-0.15, -0.1) is 0 Å². The molecule has 0 aromatic rings. The zero-order valence-corrected chi connectivity index (χ0v) is 14.1. The standard InChI is InChI=1S/C16H31N3O3/c1-14(13-21-2)10-17-16(20)19-5-3-4-15(12-19)11-18-6-8-22-9-7-18/h14-15H,3-13H2,1-2H3,(H,17,20)/t14-,15+/m0/s1. The number of rotatable bonds is 6. The topological polar surface area (TPSA) is 54.0 Å². The van der Waals surface area contributed by atoms with Gasteiger partial charge in [0.25, 0.3) is 0 Å². The molecule has 2 heterocycles. The zero-order chi connectivity index (χ0) is 15.8. The van der Waals surface area contributed by atoms with Crippen molar-refractivity contribution < 1.29 is 14.3 Å². The molecule has 2 atom stereocenters. The largest absolute Gasteiger partial charge is 0.384 e. The molecule has 0 unspecified atom stereocenters. The Hall–Kier alpha value is -0.850. The first kappa shape index (κ1) is 17.5. The van der Waals surface area contributed by atoms with Gasteiger partial charge in [0.05, 0.1) is 19.8 Å². The van der Waals surface area contributed by atoms with Crippen molar-refractivity contribution in [1.82, 2.24) is 15.1 Å². The van der Waals surface area contributed by atoms with Crippen molar-refractivity contribution in [2.45, 2.75) is 19.8 Å². The molecule has 0 aromatic heterocycles. The summed E-state index contributed by atoms with van der Waals surface area (Å²) < 4.78 is 10.5. The lowest BCUT2D eigenvalue weighted by molar-refractivity contribution is 0.0248. The van der Waals surface area contributed by atoms with Crippen LogP contribution in [0.1, 0.15) is 19.8 Å². The van der Waals surface area contributed by atoms with E-state index < -0.39 is 0 Å². The van der Waals surface area contributed by atoms with Gasteiger partial charge in [0.2, 0.25) is 0 Å². The lowest BCUT2D eigenvalue weighted by atomic mass is 9.97. The second-order valence-corrected chi connectivity index (χ2v) is 6.61. The molecule has 2 amide bonds. The summed E-state index contributed by atoms with van der Waals surface area (Å²) in [4.78, 5) is 16.7. The maximum absolute atomic E-state index is 12.3. The molecule has 0 spiro atoms. The molecule has 6 heteroatoms. The SMILES string of the molecule is COC[C@@H](C)CNC(=O)N1CCC[C@H](CN2CCOCC2)C1. The second kappa shape index (κ2) is 9.33. The van der Waals surface area contributed by atoms with Crippen LogP contribution in [-0.4, -0.2) is 82.0 Å². The Morgan fingerprint density at radius 3 is 2.86 bits per heavy atom. The predicted molar refractivity (Wildman–Crippen MR) is 86.0 cm³/mol. The van der Waals surface area contributed by atoms with Crippen LogP contribution < -0.4 is 5.32 Å². The summed E-state index contributed by atoms with van der Waals surface area (Å²) in [7, 11) is 1.69. The fourth-order valence-corrected chi connectivity index (χ4v) is 3.26. The van der Waals surface area contributed by atoms with Crippen LogP contribution in [0.5, 0.6) is 0 Å². The molecule has 2 aliphatic rings. The van der Waals surface area contributed by atoms with E-state index in [0.717, 1.165) is 52.4 Å². The number of nitrogens with zero attached hydrogens (tertiary/aromatic N) is 2. The number of ether oxygens (including phenoxy) is 2. The van der Waals surface area contributed by atoms with Gasteiger partial charge >= 0.3 is 6.03 Å². The Morgan fingerprint density at radius 1 is 1.36 bits per heavy atom. The molecule has 2 fully saturated rings. The Bertz CT molecular complexity index is 335. The maximum atomic E-state index is 12.3. The number of likely N-dealkylation sites (tertiary alicyclic amines) is 1. The van der Waals surface area contributed by atoms with Crippen molar-refractivity contribution in [1.29, 1.82) is 0 Å². The number of morpholine rings is 1. The number of nitrogens with one attached hydrogen (secondary N) is 1. The van der Waals surface area contributed by atoms with Gasteiger partial charge in [0, 0.05) is 46.4 Å². The molecule has 0 bridgehead atoms. The third-order valence-corrected chi connectivity index (χ3v) is 4.48. The quantitative estimate of drug-likeness (QED) is 0.795. The summed E-state index contributed by atoms with van der Waals surface area (Å²) in [6, 6.07) is 0.0784. The zero-order valence-electron chi connectivity index (χ0n) is 14.1. The Kier molecular flexibility index (Phi) is 7.42. The smallest absolute Gasteiger partial charge is 0.317 e. The lowest BCUT2D eigenvalue weighted by Crippen LogP contribution is -2.49. The predicted octanol–water partition coefficient (Wildman–Crippen LogP) is 1.02. The lowest BCUT2D eigenvalue weighted by Gasteiger charge is -2.36. The first-order chi connectivity index (χ1) is 10.7. The monoisotopic (exact) mass is 313 g/mol. The van der Waals surface area contributed by atoms with E-state index in [9.17, 15) is 4.79 Å². The summed E-state index contributed by atoms with van der Waals surface area (Å²) in [5, 5.41) is 3.03. The van der Waals surface area contributed by atoms with Crippen LogP contribution in [0.25, 0.3) is 0 Å². The number of methoxy groups -OCH3 is 1. The number of hydrogen-bond donors (Lipinski definition) is 1. The van der Waals surface area contributed by atoms with E-state index in [-0.39, 0.29) is 6.03 Å². The highest BCUT2D eigenvalue weighted by atomic mass is 16.5. The summed E-state index contributed by atoms with van der Waals surface area (Å²) in [5.74, 6) is 0.942. The Morgan fingerprint density at radius 2 is 2.14 bits per heavy atom. The molecule has 128 valence electrons. The van der Waals surface area contributed by atoms with Gasteiger partial charge in [0.15, 0.2) is 0 Å². The van der Waals surface area contributed by atoms with Crippen molar-refractivity contribution in [2.24, 2.45) is 11.8 Å². The number of carbonyl (C=O) groups excluding carboxylic acids is 1. The normalized spacial score (nSPS) is 25.0. The van der Waals surface area contributed by atoms with Crippen LogP contribution in [0, 0.1) is 11.8 Å². The van der Waals surface area contributed by atoms with E-state index in [0.29, 0.717) is 25.0 Å². The van der Waals surface area contributed by atoms with E-state index in [2.05, 4.69) is 17.1 Å². The highest BCUT2D eigenvalue weighted by Gasteiger charge is 2.25. The van der Waals surface area contributed by atoms with E-state index in [1.165, 1.54) is 6.42 Å². The molecule has 1 N–H and O–H groups in total. The molecule has 0 radical (unpaired) electrons. The van der Waals surface area contributed by atoms with Crippen LogP contribution >= 0.6 is 0 Å². The Balaban J connectivity index is 1.71. The van der Waals surface area contributed by atoms with Crippen LogP contribution in [0.2, 0.25) is 0 Å². The van der Waals surface area contributed by atoms with Crippen molar-refractivity contribution in [3.05, 3.63) is 0 Å². The third-order valence-electron chi connectivity index (χ3n) is 4.48.